The number of hydrogen-bond acceptors (Lipinski definition) is 7. The molecule has 2 aliphatic rings. The van der Waals surface area contributed by atoms with Gasteiger partial charge in [0.25, 0.3) is 0 Å². The standard InChI is InChI=1S/C24H31NO6S2/c1-30-22-10-7-17(13-23(22)31-2)11-12-25-21-15-32(26,27)16-24(21)33(28,29)20-9-8-18-5-3-4-6-19(18)14-20/h7-10,13-14,21,24-25H,3-6,11-12,15-16H2,1-2H3/t21-,24-/m0/s1. The zero-order valence-electron chi connectivity index (χ0n) is 19.0. The van der Waals surface area contributed by atoms with Crippen molar-refractivity contribution in [3.05, 3.63) is 53.1 Å². The Morgan fingerprint density at radius 2 is 1.67 bits per heavy atom. The van der Waals surface area contributed by atoms with Gasteiger partial charge >= 0.3 is 0 Å². The van der Waals surface area contributed by atoms with Crippen molar-refractivity contribution in [3.63, 3.8) is 0 Å². The molecule has 33 heavy (non-hydrogen) atoms. The van der Waals surface area contributed by atoms with Gasteiger partial charge in [-0.15, -0.1) is 0 Å². The molecular formula is C24H31NO6S2. The Labute approximate surface area is 196 Å². The molecule has 1 N–H and O–H groups in total. The average molecular weight is 494 g/mol. The lowest BCUT2D eigenvalue weighted by Gasteiger charge is -2.22. The molecule has 1 aliphatic carbocycles. The van der Waals surface area contributed by atoms with Crippen LogP contribution >= 0.6 is 0 Å². The largest absolute Gasteiger partial charge is 0.493 e. The predicted octanol–water partition coefficient (Wildman–Crippen LogP) is 2.35. The molecule has 2 aromatic carbocycles. The number of methoxy groups -OCH3 is 2. The minimum atomic E-state index is -3.79. The second-order valence-corrected chi connectivity index (χ2v) is 13.1. The third-order valence-electron chi connectivity index (χ3n) is 6.62. The van der Waals surface area contributed by atoms with Gasteiger partial charge in [0.15, 0.2) is 31.2 Å². The summed E-state index contributed by atoms with van der Waals surface area (Å²) in [4.78, 5) is 0.233. The molecule has 0 spiro atoms. The van der Waals surface area contributed by atoms with Gasteiger partial charge in [-0.2, -0.15) is 0 Å². The second-order valence-electron chi connectivity index (χ2n) is 8.80. The Hall–Kier alpha value is -2.10. The van der Waals surface area contributed by atoms with Crippen LogP contribution in [0.2, 0.25) is 0 Å². The number of ether oxygens (including phenoxy) is 2. The summed E-state index contributed by atoms with van der Waals surface area (Å²) in [6, 6.07) is 10.3. The fourth-order valence-electron chi connectivity index (χ4n) is 4.81. The first kappa shape index (κ1) is 24.0. The molecule has 180 valence electrons. The number of aryl methyl sites for hydroxylation is 2. The molecule has 0 bridgehead atoms. The molecular weight excluding hydrogens is 462 g/mol. The van der Waals surface area contributed by atoms with E-state index in [0.717, 1.165) is 36.8 Å². The van der Waals surface area contributed by atoms with Crippen molar-refractivity contribution in [2.24, 2.45) is 0 Å². The summed E-state index contributed by atoms with van der Waals surface area (Å²) in [6.45, 7) is 0.450. The minimum absolute atomic E-state index is 0.173. The number of hydrogen-bond donors (Lipinski definition) is 1. The Kier molecular flexibility index (Phi) is 7.02. The highest BCUT2D eigenvalue weighted by molar-refractivity contribution is 7.96. The van der Waals surface area contributed by atoms with Crippen molar-refractivity contribution in [1.29, 1.82) is 0 Å². The van der Waals surface area contributed by atoms with E-state index in [1.54, 1.807) is 26.4 Å². The van der Waals surface area contributed by atoms with E-state index in [2.05, 4.69) is 5.32 Å². The maximum absolute atomic E-state index is 13.5. The molecule has 1 aliphatic heterocycles. The summed E-state index contributed by atoms with van der Waals surface area (Å²) >= 11 is 0. The third kappa shape index (κ3) is 5.20. The molecule has 7 nitrogen and oxygen atoms in total. The van der Waals surface area contributed by atoms with Crippen molar-refractivity contribution in [1.82, 2.24) is 5.32 Å². The highest BCUT2D eigenvalue weighted by atomic mass is 32.2. The van der Waals surface area contributed by atoms with E-state index in [-0.39, 0.29) is 16.4 Å². The first-order valence-corrected chi connectivity index (χ1v) is 14.6. The maximum atomic E-state index is 13.5. The van der Waals surface area contributed by atoms with Gasteiger partial charge in [0, 0.05) is 6.04 Å². The van der Waals surface area contributed by atoms with E-state index in [1.165, 1.54) is 5.56 Å². The van der Waals surface area contributed by atoms with Crippen LogP contribution in [0.3, 0.4) is 0 Å². The van der Waals surface area contributed by atoms with Crippen molar-refractivity contribution in [3.8, 4) is 11.5 Å². The lowest BCUT2D eigenvalue weighted by molar-refractivity contribution is 0.354. The minimum Gasteiger partial charge on any atom is -0.493 e. The number of sulfone groups is 2. The van der Waals surface area contributed by atoms with Crippen LogP contribution in [0, 0.1) is 0 Å². The SMILES string of the molecule is COc1ccc(CCN[C@H]2CS(=O)(=O)C[C@@H]2S(=O)(=O)c2ccc3c(c2)CCCC3)cc1OC. The molecule has 1 heterocycles. The number of fused-ring (bicyclic) bond motifs is 1. The van der Waals surface area contributed by atoms with Crippen molar-refractivity contribution in [2.75, 3.05) is 32.3 Å². The zero-order chi connectivity index (χ0) is 23.6. The number of rotatable bonds is 8. The van der Waals surface area contributed by atoms with Crippen LogP contribution in [0.25, 0.3) is 0 Å². The van der Waals surface area contributed by atoms with Gasteiger partial charge in [0.1, 0.15) is 0 Å². The second kappa shape index (κ2) is 9.64. The van der Waals surface area contributed by atoms with E-state index in [0.29, 0.717) is 24.5 Å². The van der Waals surface area contributed by atoms with Crippen molar-refractivity contribution < 1.29 is 26.3 Å². The zero-order valence-corrected chi connectivity index (χ0v) is 20.7. The molecule has 2 atom stereocenters. The topological polar surface area (TPSA) is 98.8 Å². The van der Waals surface area contributed by atoms with Gasteiger partial charge < -0.3 is 14.8 Å². The van der Waals surface area contributed by atoms with Crippen LogP contribution in [-0.2, 0) is 38.9 Å². The lowest BCUT2D eigenvalue weighted by Crippen LogP contribution is -2.44. The highest BCUT2D eigenvalue weighted by Crippen LogP contribution is 2.30. The van der Waals surface area contributed by atoms with E-state index < -0.39 is 31.0 Å². The fourth-order valence-corrected chi connectivity index (χ4v) is 9.58. The molecule has 0 radical (unpaired) electrons. The summed E-state index contributed by atoms with van der Waals surface area (Å²) in [5.74, 6) is 0.729. The van der Waals surface area contributed by atoms with E-state index in [4.69, 9.17) is 9.47 Å². The van der Waals surface area contributed by atoms with Crippen LogP contribution < -0.4 is 14.8 Å². The van der Waals surface area contributed by atoms with Crippen LogP contribution in [0.1, 0.15) is 29.5 Å². The van der Waals surface area contributed by atoms with Gasteiger partial charge in [0.2, 0.25) is 0 Å². The molecule has 0 amide bonds. The molecule has 9 heteroatoms. The predicted molar refractivity (Wildman–Crippen MR) is 128 cm³/mol. The van der Waals surface area contributed by atoms with Gasteiger partial charge in [0.05, 0.1) is 35.9 Å². The first-order valence-electron chi connectivity index (χ1n) is 11.2. The Morgan fingerprint density at radius 1 is 0.939 bits per heavy atom. The van der Waals surface area contributed by atoms with E-state index >= 15 is 0 Å². The molecule has 1 saturated heterocycles. The van der Waals surface area contributed by atoms with Gasteiger partial charge in [-0.05, 0) is 79.6 Å². The van der Waals surface area contributed by atoms with E-state index in [1.807, 2.05) is 24.3 Å². The summed E-state index contributed by atoms with van der Waals surface area (Å²) in [5.41, 5.74) is 3.25. The smallest absolute Gasteiger partial charge is 0.183 e. The van der Waals surface area contributed by atoms with Crippen LogP contribution in [0.5, 0.6) is 11.5 Å². The van der Waals surface area contributed by atoms with Crippen molar-refractivity contribution >= 4 is 19.7 Å². The Bertz CT molecular complexity index is 1220. The summed E-state index contributed by atoms with van der Waals surface area (Å²) in [7, 11) is -4.09. The lowest BCUT2D eigenvalue weighted by atomic mass is 9.92. The van der Waals surface area contributed by atoms with Gasteiger partial charge in [-0.3, -0.25) is 0 Å². The third-order valence-corrected chi connectivity index (χ3v) is 10.8. The fraction of sp³-hybridized carbons (Fsp3) is 0.500. The summed E-state index contributed by atoms with van der Waals surface area (Å²) in [5, 5.41) is 2.22. The van der Waals surface area contributed by atoms with Crippen LogP contribution in [0.4, 0.5) is 0 Å². The Morgan fingerprint density at radius 3 is 2.39 bits per heavy atom. The van der Waals surface area contributed by atoms with Gasteiger partial charge in [-0.25, -0.2) is 16.8 Å². The molecule has 0 saturated carbocycles. The summed E-state index contributed by atoms with van der Waals surface area (Å²) < 4.78 is 62.4. The molecule has 0 unspecified atom stereocenters. The number of nitrogens with one attached hydrogen (secondary N) is 1. The maximum Gasteiger partial charge on any atom is 0.183 e. The molecule has 4 rings (SSSR count). The normalized spacial score (nSPS) is 22.0. The number of benzene rings is 2. The molecule has 1 fully saturated rings. The highest BCUT2D eigenvalue weighted by Gasteiger charge is 2.45. The van der Waals surface area contributed by atoms with E-state index in [9.17, 15) is 16.8 Å². The molecule has 0 aromatic heterocycles. The quantitative estimate of drug-likeness (QED) is 0.603. The van der Waals surface area contributed by atoms with Crippen molar-refractivity contribution in [2.45, 2.75) is 48.3 Å². The van der Waals surface area contributed by atoms with Gasteiger partial charge in [-0.1, -0.05) is 12.1 Å². The monoisotopic (exact) mass is 493 g/mol. The average Bonchev–Trinajstić information content (AvgIpc) is 3.13. The Balaban J connectivity index is 1.50. The first-order chi connectivity index (χ1) is 15.7. The summed E-state index contributed by atoms with van der Waals surface area (Å²) in [6.07, 6.45) is 4.60. The molecule has 2 aromatic rings. The van der Waals surface area contributed by atoms with Crippen LogP contribution in [-0.4, -0.2) is 60.4 Å². The van der Waals surface area contributed by atoms with Crippen LogP contribution in [0.15, 0.2) is 41.3 Å².